The van der Waals surface area contributed by atoms with Crippen LogP contribution in [0.1, 0.15) is 22.3 Å². The van der Waals surface area contributed by atoms with Crippen LogP contribution in [0.3, 0.4) is 0 Å². The average molecular weight is 578 g/mol. The van der Waals surface area contributed by atoms with Crippen LogP contribution in [0.25, 0.3) is 43.7 Å². The Morgan fingerprint density at radius 1 is 0.714 bits per heavy atom. The van der Waals surface area contributed by atoms with Crippen LogP contribution >= 0.6 is 17.0 Å². The van der Waals surface area contributed by atoms with Crippen molar-refractivity contribution < 1.29 is 20.8 Å². The second-order valence-corrected chi connectivity index (χ2v) is 12.7. The molecular weight excluding hydrogens is 548 g/mol. The number of fused-ring (bicyclic) bond motifs is 4. The van der Waals surface area contributed by atoms with Gasteiger partial charge in [-0.15, -0.1) is 29.0 Å². The zero-order valence-electron chi connectivity index (χ0n) is 20.8. The molecule has 6 aromatic rings. The molecule has 1 aromatic heterocycles. The fourth-order valence-corrected chi connectivity index (χ4v) is 4.87. The molecule has 1 heterocycles. The number of hydrogen-bond donors (Lipinski definition) is 0. The van der Waals surface area contributed by atoms with Crippen molar-refractivity contribution in [3.05, 3.63) is 107 Å². The Morgan fingerprint density at radius 2 is 1.37 bits per heavy atom. The molecule has 0 N–H and O–H groups in total. The number of para-hydroxylation sites is 1. The molecule has 1 nitrogen and oxygen atoms in total. The molecule has 5 aromatic carbocycles. The number of halogens is 2. The molecule has 0 unspecified atom stereocenters. The van der Waals surface area contributed by atoms with Gasteiger partial charge in [0.25, 0.3) is 0 Å². The van der Waals surface area contributed by atoms with Crippen LogP contribution in [0, 0.1) is 27.7 Å². The molecule has 0 aliphatic heterocycles. The van der Waals surface area contributed by atoms with E-state index in [1.54, 1.807) is 0 Å². The fourth-order valence-electron chi connectivity index (χ4n) is 4.87. The van der Waals surface area contributed by atoms with Crippen LogP contribution in [-0.2, 0) is 27.9 Å². The number of aromatic nitrogens is 1. The van der Waals surface area contributed by atoms with E-state index < -0.39 is 20.8 Å². The number of benzene rings is 3. The summed E-state index contributed by atoms with van der Waals surface area (Å²) in [6, 6.07) is 30.7. The Balaban J connectivity index is 0.000000202. The van der Waals surface area contributed by atoms with Crippen molar-refractivity contribution in [1.29, 1.82) is 0 Å². The molecule has 0 aliphatic rings. The van der Waals surface area contributed by atoms with Crippen LogP contribution in [0.2, 0.25) is 0 Å². The van der Waals surface area contributed by atoms with Crippen molar-refractivity contribution in [2.45, 2.75) is 27.7 Å². The van der Waals surface area contributed by atoms with Crippen LogP contribution in [-0.4, -0.2) is 4.57 Å². The standard InChI is InChI=1S/C22H16N.C9H13.2ClH.Zr/c1-23-21-11-3-2-8-19(21)20-13-12-16(14-22(20)23)18-10-5-7-15-6-4-9-17(15)18;1-6-5-7(2)9(4)8(6)3;;;/h2-14H,1H3;5H,1-4H3;2*1H;/q2*-1;;;+4/p-2. The molecule has 35 heavy (non-hydrogen) atoms. The fraction of sp³-hybridized carbons (Fsp3) is 0.161. The topological polar surface area (TPSA) is 4.93 Å². The Kier molecular flexibility index (Phi) is 8.38. The molecule has 0 saturated heterocycles. The van der Waals surface area contributed by atoms with Crippen molar-refractivity contribution in [3.8, 4) is 11.1 Å². The van der Waals surface area contributed by atoms with Gasteiger partial charge >= 0.3 is 37.9 Å². The van der Waals surface area contributed by atoms with Crippen molar-refractivity contribution in [3.63, 3.8) is 0 Å². The monoisotopic (exact) mass is 575 g/mol. The maximum absolute atomic E-state index is 4.93. The minimum atomic E-state index is -0.826. The van der Waals surface area contributed by atoms with Gasteiger partial charge in [-0.2, -0.15) is 40.5 Å². The first-order valence-electron chi connectivity index (χ1n) is 11.7. The van der Waals surface area contributed by atoms with Gasteiger partial charge in [-0.25, -0.2) is 0 Å². The van der Waals surface area contributed by atoms with E-state index >= 15 is 0 Å². The number of aryl methyl sites for hydroxylation is 3. The van der Waals surface area contributed by atoms with Crippen molar-refractivity contribution >= 4 is 49.6 Å². The molecule has 4 heteroatoms. The predicted molar refractivity (Wildman–Crippen MR) is 152 cm³/mol. The zero-order valence-corrected chi connectivity index (χ0v) is 24.8. The van der Waals surface area contributed by atoms with E-state index in [1.165, 1.54) is 66.0 Å². The number of rotatable bonds is 1. The summed E-state index contributed by atoms with van der Waals surface area (Å²) in [5, 5.41) is 5.27. The van der Waals surface area contributed by atoms with Gasteiger partial charge < -0.3 is 4.57 Å². The molecule has 0 fully saturated rings. The van der Waals surface area contributed by atoms with Gasteiger partial charge in [-0.05, 0) is 17.7 Å². The van der Waals surface area contributed by atoms with Crippen LogP contribution in [0.15, 0.2) is 84.9 Å². The summed E-state index contributed by atoms with van der Waals surface area (Å²) in [6.45, 7) is 8.68. The molecule has 0 bridgehead atoms. The molecule has 0 aliphatic carbocycles. The molecule has 176 valence electrons. The van der Waals surface area contributed by atoms with Gasteiger partial charge in [0.05, 0.1) is 0 Å². The Morgan fingerprint density at radius 3 is 2.03 bits per heavy atom. The first kappa shape index (κ1) is 26.0. The summed E-state index contributed by atoms with van der Waals surface area (Å²) in [5.74, 6) is 0. The molecule has 6 rings (SSSR count). The first-order chi connectivity index (χ1) is 16.9. The third-order valence-electron chi connectivity index (χ3n) is 7.08. The summed E-state index contributed by atoms with van der Waals surface area (Å²) in [6.07, 6.45) is 0. The molecule has 0 radical (unpaired) electrons. The van der Waals surface area contributed by atoms with E-state index in [4.69, 9.17) is 17.0 Å². The van der Waals surface area contributed by atoms with Gasteiger partial charge in [0.2, 0.25) is 0 Å². The maximum atomic E-state index is 4.93. The first-order valence-corrected chi connectivity index (χ1v) is 18.0. The zero-order chi connectivity index (χ0) is 25.1. The van der Waals surface area contributed by atoms with Gasteiger partial charge in [0.1, 0.15) is 0 Å². The van der Waals surface area contributed by atoms with Crippen molar-refractivity contribution in [2.24, 2.45) is 7.05 Å². The van der Waals surface area contributed by atoms with E-state index in [0.717, 1.165) is 0 Å². The Bertz CT molecular complexity index is 1580. The second kappa shape index (κ2) is 11.3. The summed E-state index contributed by atoms with van der Waals surface area (Å²) >= 11 is -0.826. The molecule has 0 atom stereocenters. The summed E-state index contributed by atoms with van der Waals surface area (Å²) in [5.41, 5.74) is 10.9. The minimum absolute atomic E-state index is 0.826. The van der Waals surface area contributed by atoms with Crippen LogP contribution < -0.4 is 0 Å². The van der Waals surface area contributed by atoms with E-state index in [-0.39, 0.29) is 0 Å². The number of nitrogens with zero attached hydrogens (tertiary/aromatic N) is 1. The third-order valence-corrected chi connectivity index (χ3v) is 7.08. The molecule has 0 amide bonds. The van der Waals surface area contributed by atoms with E-state index in [9.17, 15) is 0 Å². The van der Waals surface area contributed by atoms with Gasteiger partial charge in [-0.3, -0.25) is 0 Å². The van der Waals surface area contributed by atoms with E-state index in [0.29, 0.717) is 0 Å². The normalized spacial score (nSPS) is 10.6. The Labute approximate surface area is 226 Å². The van der Waals surface area contributed by atoms with E-state index in [1.807, 2.05) is 0 Å². The average Bonchev–Trinajstić information content (AvgIpc) is 3.52. The van der Waals surface area contributed by atoms with Crippen molar-refractivity contribution in [2.75, 3.05) is 0 Å². The van der Waals surface area contributed by atoms with Gasteiger partial charge in [0, 0.05) is 28.9 Å². The summed E-state index contributed by atoms with van der Waals surface area (Å²) < 4.78 is 2.29. The van der Waals surface area contributed by atoms with Crippen LogP contribution in [0.4, 0.5) is 0 Å². The predicted octanol–water partition coefficient (Wildman–Crippen LogP) is 9.89. The van der Waals surface area contributed by atoms with Crippen LogP contribution in [0.5, 0.6) is 0 Å². The quantitative estimate of drug-likeness (QED) is 0.171. The molecule has 0 spiro atoms. The third kappa shape index (κ3) is 5.22. The molecular formula is C31H29Cl2NZr. The van der Waals surface area contributed by atoms with Crippen molar-refractivity contribution in [1.82, 2.24) is 4.57 Å². The summed E-state index contributed by atoms with van der Waals surface area (Å²) in [7, 11) is 12.0. The Hall–Kier alpha value is -2.12. The van der Waals surface area contributed by atoms with Gasteiger partial charge in [-0.1, -0.05) is 69.7 Å². The summed E-state index contributed by atoms with van der Waals surface area (Å²) in [4.78, 5) is 0. The SMILES string of the molecule is Cc1[cH-]c(C)c(C)c1C.Cn1c2ccccc2c2ccc(-c3cccc4[cH-]ccc34)cc21.[Cl][Zr+2][Cl]. The molecule has 0 saturated carbocycles. The number of hydrogen-bond acceptors (Lipinski definition) is 0. The van der Waals surface area contributed by atoms with Gasteiger partial charge in [0.15, 0.2) is 0 Å². The second-order valence-electron chi connectivity index (χ2n) is 8.97. The van der Waals surface area contributed by atoms with E-state index in [2.05, 4.69) is 124 Å².